The van der Waals surface area contributed by atoms with Gasteiger partial charge in [-0.2, -0.15) is 0 Å². The molecule has 1 aliphatic rings. The smallest absolute Gasteiger partial charge is 0.115 e. The van der Waals surface area contributed by atoms with Crippen LogP contribution in [0.25, 0.3) is 0 Å². The SMILES string of the molecule is Oc1ccc(CCC2C=CCCC2)cc1. The summed E-state index contributed by atoms with van der Waals surface area (Å²) in [6.07, 6.45) is 11.0. The van der Waals surface area contributed by atoms with E-state index in [0.29, 0.717) is 5.75 Å². The van der Waals surface area contributed by atoms with Crippen LogP contribution in [0.2, 0.25) is 0 Å². The Kier molecular flexibility index (Phi) is 3.44. The van der Waals surface area contributed by atoms with E-state index in [1.165, 1.54) is 31.2 Å². The monoisotopic (exact) mass is 202 g/mol. The van der Waals surface area contributed by atoms with Gasteiger partial charge in [-0.1, -0.05) is 24.3 Å². The molecule has 0 fully saturated rings. The van der Waals surface area contributed by atoms with Gasteiger partial charge in [0.15, 0.2) is 0 Å². The first kappa shape index (κ1) is 10.3. The van der Waals surface area contributed by atoms with Gasteiger partial charge < -0.3 is 5.11 Å². The zero-order valence-corrected chi connectivity index (χ0v) is 9.02. The molecular weight excluding hydrogens is 184 g/mol. The Morgan fingerprint density at radius 3 is 2.67 bits per heavy atom. The average Bonchev–Trinajstić information content (AvgIpc) is 2.30. The zero-order chi connectivity index (χ0) is 10.5. The van der Waals surface area contributed by atoms with E-state index in [1.807, 2.05) is 12.1 Å². The Hall–Kier alpha value is -1.24. The number of allylic oxidation sites excluding steroid dienone is 2. The van der Waals surface area contributed by atoms with Gasteiger partial charge in [0.2, 0.25) is 0 Å². The summed E-state index contributed by atoms with van der Waals surface area (Å²) in [5, 5.41) is 9.16. The number of hydrogen-bond donors (Lipinski definition) is 1. The van der Waals surface area contributed by atoms with Crippen molar-refractivity contribution in [3.05, 3.63) is 42.0 Å². The highest BCUT2D eigenvalue weighted by atomic mass is 16.3. The average molecular weight is 202 g/mol. The van der Waals surface area contributed by atoms with Crippen LogP contribution in [0.1, 0.15) is 31.2 Å². The van der Waals surface area contributed by atoms with Crippen molar-refractivity contribution < 1.29 is 5.11 Å². The summed E-state index contributed by atoms with van der Waals surface area (Å²) in [7, 11) is 0. The van der Waals surface area contributed by atoms with E-state index in [0.717, 1.165) is 12.3 Å². The second-order valence-corrected chi connectivity index (χ2v) is 4.32. The fourth-order valence-corrected chi connectivity index (χ4v) is 2.14. The van der Waals surface area contributed by atoms with Gasteiger partial charge in [-0.15, -0.1) is 0 Å². The molecule has 2 rings (SSSR count). The molecule has 0 saturated carbocycles. The molecule has 1 N–H and O–H groups in total. The predicted octanol–water partition coefficient (Wildman–Crippen LogP) is 3.68. The molecule has 0 amide bonds. The molecule has 0 saturated heterocycles. The maximum Gasteiger partial charge on any atom is 0.115 e. The summed E-state index contributed by atoms with van der Waals surface area (Å²) < 4.78 is 0. The lowest BCUT2D eigenvalue weighted by Gasteiger charge is -2.15. The largest absolute Gasteiger partial charge is 0.508 e. The maximum atomic E-state index is 9.16. The van der Waals surface area contributed by atoms with Crippen LogP contribution in [-0.2, 0) is 6.42 Å². The number of phenolic OH excluding ortho intramolecular Hbond substituents is 1. The number of hydrogen-bond acceptors (Lipinski definition) is 1. The fourth-order valence-electron chi connectivity index (χ4n) is 2.14. The minimum atomic E-state index is 0.358. The summed E-state index contributed by atoms with van der Waals surface area (Å²) in [5.41, 5.74) is 1.33. The molecular formula is C14H18O. The van der Waals surface area contributed by atoms with E-state index in [2.05, 4.69) is 12.2 Å². The van der Waals surface area contributed by atoms with E-state index in [4.69, 9.17) is 5.11 Å². The molecule has 1 unspecified atom stereocenters. The van der Waals surface area contributed by atoms with Crippen molar-refractivity contribution in [2.75, 3.05) is 0 Å². The lowest BCUT2D eigenvalue weighted by Crippen LogP contribution is -2.02. The first-order valence-corrected chi connectivity index (χ1v) is 5.79. The Balaban J connectivity index is 1.84. The van der Waals surface area contributed by atoms with Gasteiger partial charge in [0.1, 0.15) is 5.75 Å². The minimum absolute atomic E-state index is 0.358. The van der Waals surface area contributed by atoms with Gasteiger partial charge in [-0.05, 0) is 55.7 Å². The van der Waals surface area contributed by atoms with Crippen LogP contribution in [0, 0.1) is 5.92 Å². The third-order valence-electron chi connectivity index (χ3n) is 3.09. The molecule has 0 aliphatic heterocycles. The molecule has 80 valence electrons. The number of aryl methyl sites for hydroxylation is 1. The van der Waals surface area contributed by atoms with Crippen LogP contribution >= 0.6 is 0 Å². The Labute approximate surface area is 91.4 Å². The summed E-state index contributed by atoms with van der Waals surface area (Å²) >= 11 is 0. The van der Waals surface area contributed by atoms with E-state index >= 15 is 0 Å². The molecule has 1 aromatic rings. The second kappa shape index (κ2) is 5.01. The van der Waals surface area contributed by atoms with E-state index in [1.54, 1.807) is 12.1 Å². The first-order chi connectivity index (χ1) is 7.34. The molecule has 0 aromatic heterocycles. The standard InChI is InChI=1S/C14H18O/c15-14-10-8-13(9-11-14)7-6-12-4-2-1-3-5-12/h2,4,8-12,15H,1,3,5-7H2. The topological polar surface area (TPSA) is 20.2 Å². The first-order valence-electron chi connectivity index (χ1n) is 5.79. The number of rotatable bonds is 3. The fraction of sp³-hybridized carbons (Fsp3) is 0.429. The van der Waals surface area contributed by atoms with Crippen molar-refractivity contribution in [1.82, 2.24) is 0 Å². The van der Waals surface area contributed by atoms with Crippen molar-refractivity contribution in [2.45, 2.75) is 32.1 Å². The zero-order valence-electron chi connectivity index (χ0n) is 9.02. The van der Waals surface area contributed by atoms with Crippen molar-refractivity contribution in [3.8, 4) is 5.75 Å². The summed E-state index contributed by atoms with van der Waals surface area (Å²) in [6, 6.07) is 7.57. The molecule has 1 aliphatic carbocycles. The molecule has 0 heterocycles. The Morgan fingerprint density at radius 2 is 2.00 bits per heavy atom. The highest BCUT2D eigenvalue weighted by molar-refractivity contribution is 5.25. The van der Waals surface area contributed by atoms with Crippen LogP contribution in [0.4, 0.5) is 0 Å². The highest BCUT2D eigenvalue weighted by Crippen LogP contribution is 2.22. The molecule has 0 bridgehead atoms. The van der Waals surface area contributed by atoms with Crippen molar-refractivity contribution in [1.29, 1.82) is 0 Å². The normalized spacial score (nSPS) is 20.4. The highest BCUT2D eigenvalue weighted by Gasteiger charge is 2.07. The second-order valence-electron chi connectivity index (χ2n) is 4.32. The molecule has 1 aromatic carbocycles. The summed E-state index contributed by atoms with van der Waals surface area (Å²) in [5.74, 6) is 1.13. The van der Waals surface area contributed by atoms with Crippen LogP contribution in [0.15, 0.2) is 36.4 Å². The van der Waals surface area contributed by atoms with Crippen molar-refractivity contribution in [2.24, 2.45) is 5.92 Å². The lowest BCUT2D eigenvalue weighted by molar-refractivity contribution is 0.474. The molecule has 0 radical (unpaired) electrons. The summed E-state index contributed by atoms with van der Waals surface area (Å²) in [6.45, 7) is 0. The van der Waals surface area contributed by atoms with Gasteiger partial charge in [0.25, 0.3) is 0 Å². The third-order valence-corrected chi connectivity index (χ3v) is 3.09. The van der Waals surface area contributed by atoms with Crippen molar-refractivity contribution in [3.63, 3.8) is 0 Å². The van der Waals surface area contributed by atoms with Crippen LogP contribution in [0.3, 0.4) is 0 Å². The van der Waals surface area contributed by atoms with Crippen LogP contribution in [-0.4, -0.2) is 5.11 Å². The van der Waals surface area contributed by atoms with E-state index in [9.17, 15) is 0 Å². The molecule has 1 atom stereocenters. The lowest BCUT2D eigenvalue weighted by atomic mass is 9.90. The van der Waals surface area contributed by atoms with E-state index < -0.39 is 0 Å². The van der Waals surface area contributed by atoms with Crippen LogP contribution in [0.5, 0.6) is 5.75 Å². The molecule has 1 heteroatoms. The molecule has 0 spiro atoms. The van der Waals surface area contributed by atoms with Crippen LogP contribution < -0.4 is 0 Å². The van der Waals surface area contributed by atoms with E-state index in [-0.39, 0.29) is 0 Å². The van der Waals surface area contributed by atoms with Gasteiger partial charge in [-0.25, -0.2) is 0 Å². The Bertz CT molecular complexity index is 324. The van der Waals surface area contributed by atoms with Gasteiger partial charge >= 0.3 is 0 Å². The summed E-state index contributed by atoms with van der Waals surface area (Å²) in [4.78, 5) is 0. The third kappa shape index (κ3) is 3.12. The quantitative estimate of drug-likeness (QED) is 0.741. The number of aromatic hydroxyl groups is 1. The number of benzene rings is 1. The van der Waals surface area contributed by atoms with Gasteiger partial charge in [0, 0.05) is 0 Å². The number of phenols is 1. The van der Waals surface area contributed by atoms with Gasteiger partial charge in [0.05, 0.1) is 0 Å². The van der Waals surface area contributed by atoms with Gasteiger partial charge in [-0.3, -0.25) is 0 Å². The predicted molar refractivity (Wildman–Crippen MR) is 62.9 cm³/mol. The molecule has 15 heavy (non-hydrogen) atoms. The molecule has 1 nitrogen and oxygen atoms in total. The Morgan fingerprint density at radius 1 is 1.20 bits per heavy atom. The van der Waals surface area contributed by atoms with Crippen molar-refractivity contribution >= 4 is 0 Å². The minimum Gasteiger partial charge on any atom is -0.508 e. The maximum absolute atomic E-state index is 9.16.